The fourth-order valence-corrected chi connectivity index (χ4v) is 5.04. The Morgan fingerprint density at radius 1 is 0.972 bits per heavy atom. The Morgan fingerprint density at radius 3 is 2.25 bits per heavy atom. The number of methoxy groups -OCH3 is 1. The lowest BCUT2D eigenvalue weighted by atomic mass is 10.2. The van der Waals surface area contributed by atoms with E-state index in [0.717, 1.165) is 34.2 Å². The van der Waals surface area contributed by atoms with Crippen LogP contribution in [0.1, 0.15) is 25.0 Å². The molecule has 0 aliphatic rings. The highest BCUT2D eigenvalue weighted by molar-refractivity contribution is 7.92. The number of carbonyl (C=O) groups excluding carboxylic acids is 1. The largest absolute Gasteiger partial charge is 0.497 e. The summed E-state index contributed by atoms with van der Waals surface area (Å²) in [5.41, 5.74) is 5.59. The van der Waals surface area contributed by atoms with E-state index in [9.17, 15) is 13.2 Å². The van der Waals surface area contributed by atoms with Gasteiger partial charge in [-0.2, -0.15) is 5.10 Å². The van der Waals surface area contributed by atoms with E-state index in [1.54, 1.807) is 36.4 Å². The lowest BCUT2D eigenvalue weighted by Gasteiger charge is -2.24. The van der Waals surface area contributed by atoms with E-state index in [0.29, 0.717) is 11.4 Å². The summed E-state index contributed by atoms with van der Waals surface area (Å²) in [6.45, 7) is 7.44. The lowest BCUT2D eigenvalue weighted by Crippen LogP contribution is -2.39. The molecule has 0 fully saturated rings. The Labute approximate surface area is 213 Å². The maximum atomic E-state index is 13.5. The highest BCUT2D eigenvalue weighted by atomic mass is 32.2. The first-order valence-corrected chi connectivity index (χ1v) is 13.1. The van der Waals surface area contributed by atoms with Crippen molar-refractivity contribution in [3.8, 4) is 5.75 Å². The third-order valence-corrected chi connectivity index (χ3v) is 7.45. The topological polar surface area (TPSA) is 91.3 Å². The van der Waals surface area contributed by atoms with Crippen LogP contribution in [0.15, 0.2) is 82.8 Å². The smallest absolute Gasteiger partial charge is 0.264 e. The number of hydrogen-bond donors (Lipinski definition) is 1. The van der Waals surface area contributed by atoms with Crippen LogP contribution >= 0.6 is 0 Å². The van der Waals surface area contributed by atoms with Crippen LogP contribution < -0.4 is 19.4 Å². The molecule has 0 radical (unpaired) electrons. The second kappa shape index (κ2) is 12.2. The van der Waals surface area contributed by atoms with Crippen LogP contribution in [-0.2, 0) is 14.8 Å². The quantitative estimate of drug-likeness (QED) is 0.310. The van der Waals surface area contributed by atoms with Gasteiger partial charge in [-0.3, -0.25) is 9.10 Å². The van der Waals surface area contributed by atoms with Gasteiger partial charge < -0.3 is 9.64 Å². The standard InChI is InChI=1S/C27H32N4O4S/c1-5-30(6-2)23-14-12-22(13-15-23)19-28-29-27(32)20-31(24-8-7-9-25(18-24)35-4)36(33,34)26-16-10-21(3)11-17-26/h7-19H,5-6,20H2,1-4H3,(H,29,32)/b28-19-. The number of aryl methyl sites for hydroxylation is 1. The predicted molar refractivity (Wildman–Crippen MR) is 144 cm³/mol. The number of amides is 1. The molecule has 0 saturated heterocycles. The zero-order valence-electron chi connectivity index (χ0n) is 21.0. The number of benzene rings is 3. The Morgan fingerprint density at radius 2 is 1.64 bits per heavy atom. The average Bonchev–Trinajstić information content (AvgIpc) is 2.89. The van der Waals surface area contributed by atoms with Crippen LogP contribution in [0.5, 0.6) is 5.75 Å². The van der Waals surface area contributed by atoms with Crippen molar-refractivity contribution in [3.63, 3.8) is 0 Å². The molecule has 3 rings (SSSR count). The van der Waals surface area contributed by atoms with E-state index in [-0.39, 0.29) is 4.90 Å². The van der Waals surface area contributed by atoms with Crippen molar-refractivity contribution >= 4 is 33.5 Å². The molecule has 0 unspecified atom stereocenters. The van der Waals surface area contributed by atoms with E-state index < -0.39 is 22.5 Å². The number of nitrogens with zero attached hydrogens (tertiary/aromatic N) is 3. The van der Waals surface area contributed by atoms with Gasteiger partial charge in [0.25, 0.3) is 15.9 Å². The van der Waals surface area contributed by atoms with Crippen molar-refractivity contribution in [1.29, 1.82) is 0 Å². The molecule has 1 N–H and O–H groups in total. The van der Waals surface area contributed by atoms with Crippen LogP contribution in [0.3, 0.4) is 0 Å². The number of hydrazone groups is 1. The molecule has 36 heavy (non-hydrogen) atoms. The van der Waals surface area contributed by atoms with Gasteiger partial charge in [0.2, 0.25) is 0 Å². The van der Waals surface area contributed by atoms with Crippen LogP contribution in [0.4, 0.5) is 11.4 Å². The summed E-state index contributed by atoms with van der Waals surface area (Å²) in [4.78, 5) is 15.1. The monoisotopic (exact) mass is 508 g/mol. The van der Waals surface area contributed by atoms with Crippen LogP contribution in [0.2, 0.25) is 0 Å². The van der Waals surface area contributed by atoms with Gasteiger partial charge in [0.05, 0.1) is 23.9 Å². The van der Waals surface area contributed by atoms with E-state index >= 15 is 0 Å². The number of carbonyl (C=O) groups is 1. The first kappa shape index (κ1) is 26.7. The van der Waals surface area contributed by atoms with Crippen LogP contribution in [-0.4, -0.2) is 47.3 Å². The maximum absolute atomic E-state index is 13.5. The summed E-state index contributed by atoms with van der Waals surface area (Å²) >= 11 is 0. The van der Waals surface area contributed by atoms with Gasteiger partial charge in [0.1, 0.15) is 12.3 Å². The molecule has 3 aromatic carbocycles. The van der Waals surface area contributed by atoms with Crippen molar-refractivity contribution in [2.24, 2.45) is 5.10 Å². The Kier molecular flexibility index (Phi) is 9.08. The minimum atomic E-state index is -4.03. The fraction of sp³-hybridized carbons (Fsp3) is 0.259. The molecular formula is C27H32N4O4S. The van der Waals surface area contributed by atoms with Gasteiger partial charge in [-0.25, -0.2) is 13.8 Å². The minimum Gasteiger partial charge on any atom is -0.497 e. The number of sulfonamides is 1. The summed E-state index contributed by atoms with van der Waals surface area (Å²) < 4.78 is 33.2. The summed E-state index contributed by atoms with van der Waals surface area (Å²) in [6, 6.07) is 20.8. The molecule has 0 spiro atoms. The number of ether oxygens (including phenoxy) is 1. The SMILES string of the molecule is CCN(CC)c1ccc(/C=N\NC(=O)CN(c2cccc(OC)c2)S(=O)(=O)c2ccc(C)cc2)cc1. The molecule has 0 bridgehead atoms. The van der Waals surface area contributed by atoms with Crippen molar-refractivity contribution in [1.82, 2.24) is 5.43 Å². The first-order valence-electron chi connectivity index (χ1n) is 11.7. The zero-order chi connectivity index (χ0) is 26.1. The van der Waals surface area contributed by atoms with E-state index in [2.05, 4.69) is 29.3 Å². The Hall–Kier alpha value is -3.85. The minimum absolute atomic E-state index is 0.0838. The molecule has 0 heterocycles. The second-order valence-electron chi connectivity index (χ2n) is 8.08. The van der Waals surface area contributed by atoms with E-state index in [1.807, 2.05) is 31.2 Å². The van der Waals surface area contributed by atoms with Gasteiger partial charge in [0.15, 0.2) is 0 Å². The highest BCUT2D eigenvalue weighted by Gasteiger charge is 2.27. The predicted octanol–water partition coefficient (Wildman–Crippen LogP) is 4.20. The van der Waals surface area contributed by atoms with Crippen molar-refractivity contribution in [3.05, 3.63) is 83.9 Å². The summed E-state index contributed by atoms with van der Waals surface area (Å²) in [5, 5.41) is 4.02. The molecule has 1 amide bonds. The number of hydrogen-bond acceptors (Lipinski definition) is 6. The summed E-state index contributed by atoms with van der Waals surface area (Å²) in [7, 11) is -2.53. The molecule has 9 heteroatoms. The number of nitrogens with one attached hydrogen (secondary N) is 1. The van der Waals surface area contributed by atoms with E-state index in [1.165, 1.54) is 25.5 Å². The molecule has 0 aliphatic carbocycles. The van der Waals surface area contributed by atoms with Gasteiger partial charge in [0, 0.05) is 24.8 Å². The average molecular weight is 509 g/mol. The molecule has 0 aliphatic heterocycles. The number of rotatable bonds is 11. The molecule has 0 atom stereocenters. The van der Waals surface area contributed by atoms with Crippen molar-refractivity contribution < 1.29 is 17.9 Å². The molecule has 0 saturated carbocycles. The molecule has 0 aromatic heterocycles. The van der Waals surface area contributed by atoms with Gasteiger partial charge in [-0.15, -0.1) is 0 Å². The fourth-order valence-electron chi connectivity index (χ4n) is 3.62. The Bertz CT molecular complexity index is 1290. The third kappa shape index (κ3) is 6.63. The van der Waals surface area contributed by atoms with Gasteiger partial charge >= 0.3 is 0 Å². The van der Waals surface area contributed by atoms with E-state index in [4.69, 9.17) is 4.74 Å². The summed E-state index contributed by atoms with van der Waals surface area (Å²) in [5.74, 6) is -0.104. The number of anilines is 2. The zero-order valence-corrected chi connectivity index (χ0v) is 21.8. The van der Waals surface area contributed by atoms with Crippen LogP contribution in [0.25, 0.3) is 0 Å². The molecule has 3 aromatic rings. The van der Waals surface area contributed by atoms with Crippen molar-refractivity contribution in [2.75, 3.05) is 35.9 Å². The molecular weight excluding hydrogens is 476 g/mol. The van der Waals surface area contributed by atoms with Crippen molar-refractivity contribution in [2.45, 2.75) is 25.7 Å². The Balaban J connectivity index is 1.78. The molecule has 190 valence electrons. The molecule has 8 nitrogen and oxygen atoms in total. The van der Waals surface area contributed by atoms with Gasteiger partial charge in [-0.05, 0) is 62.7 Å². The first-order chi connectivity index (χ1) is 17.3. The normalized spacial score (nSPS) is 11.3. The maximum Gasteiger partial charge on any atom is 0.264 e. The van der Waals surface area contributed by atoms with Crippen LogP contribution in [0, 0.1) is 6.92 Å². The second-order valence-corrected chi connectivity index (χ2v) is 9.95. The summed E-state index contributed by atoms with van der Waals surface area (Å²) in [6.07, 6.45) is 1.52. The lowest BCUT2D eigenvalue weighted by molar-refractivity contribution is -0.119. The van der Waals surface area contributed by atoms with Gasteiger partial charge in [-0.1, -0.05) is 35.9 Å². The highest BCUT2D eigenvalue weighted by Crippen LogP contribution is 2.27. The third-order valence-electron chi connectivity index (χ3n) is 5.66.